The van der Waals surface area contributed by atoms with Crippen LogP contribution in [0.5, 0.6) is 0 Å². The van der Waals surface area contributed by atoms with E-state index in [1.807, 2.05) is 14.0 Å². The van der Waals surface area contributed by atoms with E-state index in [0.29, 0.717) is 6.54 Å². The molecule has 2 aromatic rings. The highest BCUT2D eigenvalue weighted by molar-refractivity contribution is 7.89. The Hall–Kier alpha value is -2.29. The van der Waals surface area contributed by atoms with E-state index in [2.05, 4.69) is 4.90 Å². The van der Waals surface area contributed by atoms with E-state index in [0.717, 1.165) is 11.1 Å². The first kappa shape index (κ1) is 18.1. The molecule has 0 fully saturated rings. The Labute approximate surface area is 140 Å². The number of nitrogens with two attached hydrogens (primary N) is 1. The minimum Gasteiger partial charge on any atom is -0.295 e. The molecule has 0 amide bonds. The van der Waals surface area contributed by atoms with Gasteiger partial charge in [-0.1, -0.05) is 24.3 Å². The van der Waals surface area contributed by atoms with E-state index in [4.69, 9.17) is 5.14 Å². The van der Waals surface area contributed by atoms with Gasteiger partial charge in [0.25, 0.3) is 5.69 Å². The largest absolute Gasteiger partial charge is 0.295 e. The predicted octanol–water partition coefficient (Wildman–Crippen LogP) is 2.44. The number of sulfonamides is 1. The molecule has 0 saturated carbocycles. The minimum absolute atomic E-state index is 0.0368. The Balaban J connectivity index is 2.08. The van der Waals surface area contributed by atoms with Crippen molar-refractivity contribution in [1.29, 1.82) is 0 Å². The molecule has 1 unspecified atom stereocenters. The zero-order chi connectivity index (χ0) is 17.9. The molecule has 0 heterocycles. The third kappa shape index (κ3) is 4.38. The minimum atomic E-state index is -3.69. The number of rotatable bonds is 6. The maximum absolute atomic E-state index is 11.3. The van der Waals surface area contributed by atoms with Gasteiger partial charge in [0.05, 0.1) is 9.82 Å². The summed E-state index contributed by atoms with van der Waals surface area (Å²) in [5, 5.41) is 15.8. The molecule has 0 aromatic heterocycles. The monoisotopic (exact) mass is 349 g/mol. The van der Waals surface area contributed by atoms with E-state index in [1.165, 1.54) is 24.3 Å². The fourth-order valence-corrected chi connectivity index (χ4v) is 2.85. The molecule has 0 saturated heterocycles. The van der Waals surface area contributed by atoms with Gasteiger partial charge in [0.2, 0.25) is 10.0 Å². The van der Waals surface area contributed by atoms with E-state index < -0.39 is 14.9 Å². The Kier molecular flexibility index (Phi) is 5.33. The Morgan fingerprint density at radius 3 is 2.12 bits per heavy atom. The fraction of sp³-hybridized carbons (Fsp3) is 0.250. The number of benzene rings is 2. The summed E-state index contributed by atoms with van der Waals surface area (Å²) in [6.45, 7) is 2.60. The van der Waals surface area contributed by atoms with Crippen LogP contribution in [-0.2, 0) is 16.6 Å². The SMILES string of the molecule is CC(c1ccc(S(N)(=O)=O)cc1)N(C)Cc1ccc([N+](=O)[O-])cc1. The molecule has 24 heavy (non-hydrogen) atoms. The van der Waals surface area contributed by atoms with Crippen LogP contribution < -0.4 is 5.14 Å². The zero-order valence-electron chi connectivity index (χ0n) is 13.4. The summed E-state index contributed by atoms with van der Waals surface area (Å²) >= 11 is 0. The first-order valence-electron chi connectivity index (χ1n) is 7.25. The molecule has 0 aliphatic rings. The number of nitro benzene ring substituents is 1. The molecular weight excluding hydrogens is 330 g/mol. The van der Waals surface area contributed by atoms with E-state index in [1.54, 1.807) is 24.3 Å². The molecule has 0 bridgehead atoms. The van der Waals surface area contributed by atoms with Crippen molar-refractivity contribution in [2.75, 3.05) is 7.05 Å². The van der Waals surface area contributed by atoms with Crippen LogP contribution >= 0.6 is 0 Å². The van der Waals surface area contributed by atoms with E-state index in [9.17, 15) is 18.5 Å². The van der Waals surface area contributed by atoms with Gasteiger partial charge in [0.15, 0.2) is 0 Å². The lowest BCUT2D eigenvalue weighted by Gasteiger charge is -2.25. The molecule has 2 N–H and O–H groups in total. The highest BCUT2D eigenvalue weighted by Crippen LogP contribution is 2.22. The number of nitro groups is 1. The van der Waals surface area contributed by atoms with E-state index in [-0.39, 0.29) is 16.6 Å². The van der Waals surface area contributed by atoms with Crippen LogP contribution in [-0.4, -0.2) is 25.3 Å². The first-order valence-corrected chi connectivity index (χ1v) is 8.79. The second-order valence-electron chi connectivity index (χ2n) is 5.63. The Bertz CT molecular complexity index is 817. The van der Waals surface area contributed by atoms with E-state index >= 15 is 0 Å². The summed E-state index contributed by atoms with van der Waals surface area (Å²) in [6.07, 6.45) is 0. The van der Waals surface area contributed by atoms with Gasteiger partial charge in [-0.15, -0.1) is 0 Å². The topological polar surface area (TPSA) is 107 Å². The van der Waals surface area contributed by atoms with Gasteiger partial charge in [0, 0.05) is 24.7 Å². The van der Waals surface area contributed by atoms with Gasteiger partial charge in [-0.3, -0.25) is 15.0 Å². The number of hydrogen-bond donors (Lipinski definition) is 1. The van der Waals surface area contributed by atoms with Crippen molar-refractivity contribution < 1.29 is 13.3 Å². The van der Waals surface area contributed by atoms with Crippen LogP contribution in [0.3, 0.4) is 0 Å². The molecule has 7 nitrogen and oxygen atoms in total. The molecule has 0 spiro atoms. The molecule has 2 aromatic carbocycles. The van der Waals surface area contributed by atoms with Crippen molar-refractivity contribution in [2.24, 2.45) is 5.14 Å². The van der Waals surface area contributed by atoms with Crippen molar-refractivity contribution in [3.8, 4) is 0 Å². The predicted molar refractivity (Wildman–Crippen MR) is 90.8 cm³/mol. The highest BCUT2D eigenvalue weighted by Gasteiger charge is 2.14. The molecule has 0 aliphatic heterocycles. The molecule has 128 valence electrons. The van der Waals surface area contributed by atoms with Crippen LogP contribution in [0.2, 0.25) is 0 Å². The first-order chi connectivity index (χ1) is 11.2. The molecule has 0 radical (unpaired) electrons. The molecule has 1 atom stereocenters. The van der Waals surface area contributed by atoms with Gasteiger partial charge < -0.3 is 0 Å². The highest BCUT2D eigenvalue weighted by atomic mass is 32.2. The summed E-state index contributed by atoms with van der Waals surface area (Å²) < 4.78 is 22.6. The van der Waals surface area contributed by atoms with Gasteiger partial charge in [-0.2, -0.15) is 0 Å². The average molecular weight is 349 g/mol. The van der Waals surface area contributed by atoms with Crippen molar-refractivity contribution in [2.45, 2.75) is 24.4 Å². The third-order valence-electron chi connectivity index (χ3n) is 3.93. The molecule has 8 heteroatoms. The maximum atomic E-state index is 11.3. The lowest BCUT2D eigenvalue weighted by atomic mass is 10.1. The van der Waals surface area contributed by atoms with Crippen LogP contribution in [0.1, 0.15) is 24.1 Å². The average Bonchev–Trinajstić information content (AvgIpc) is 2.54. The zero-order valence-corrected chi connectivity index (χ0v) is 14.2. The third-order valence-corrected chi connectivity index (χ3v) is 4.86. The summed E-state index contributed by atoms with van der Waals surface area (Å²) in [5.74, 6) is 0. The van der Waals surface area contributed by atoms with Gasteiger partial charge in [-0.25, -0.2) is 13.6 Å². The smallest absolute Gasteiger partial charge is 0.269 e. The van der Waals surface area contributed by atoms with Gasteiger partial charge >= 0.3 is 0 Å². The second-order valence-corrected chi connectivity index (χ2v) is 7.19. The number of primary sulfonamides is 1. The molecule has 2 rings (SSSR count). The van der Waals surface area contributed by atoms with Crippen molar-refractivity contribution in [3.63, 3.8) is 0 Å². The molecule has 0 aliphatic carbocycles. The van der Waals surface area contributed by atoms with Crippen molar-refractivity contribution in [1.82, 2.24) is 4.90 Å². The van der Waals surface area contributed by atoms with Crippen molar-refractivity contribution >= 4 is 15.7 Å². The second kappa shape index (κ2) is 7.08. The molecular formula is C16H19N3O4S. The van der Waals surface area contributed by atoms with Crippen LogP contribution in [0.25, 0.3) is 0 Å². The lowest BCUT2D eigenvalue weighted by Crippen LogP contribution is -2.22. The summed E-state index contributed by atoms with van der Waals surface area (Å²) in [7, 11) is -1.76. The Morgan fingerprint density at radius 1 is 1.12 bits per heavy atom. The number of hydrogen-bond acceptors (Lipinski definition) is 5. The maximum Gasteiger partial charge on any atom is 0.269 e. The van der Waals surface area contributed by atoms with Gasteiger partial charge in [0.1, 0.15) is 0 Å². The quantitative estimate of drug-likeness (QED) is 0.637. The lowest BCUT2D eigenvalue weighted by molar-refractivity contribution is -0.384. The number of non-ortho nitro benzene ring substituents is 1. The van der Waals surface area contributed by atoms with Crippen LogP contribution in [0.15, 0.2) is 53.4 Å². The fourth-order valence-electron chi connectivity index (χ4n) is 2.34. The number of nitrogens with zero attached hydrogens (tertiary/aromatic N) is 2. The summed E-state index contributed by atoms with van der Waals surface area (Å²) in [4.78, 5) is 12.4. The van der Waals surface area contributed by atoms with Gasteiger partial charge in [-0.05, 0) is 37.2 Å². The summed E-state index contributed by atoms with van der Waals surface area (Å²) in [5.41, 5.74) is 1.97. The summed E-state index contributed by atoms with van der Waals surface area (Å²) in [6, 6.07) is 12.9. The normalized spacial score (nSPS) is 13.0. The van der Waals surface area contributed by atoms with Crippen molar-refractivity contribution in [3.05, 3.63) is 69.8 Å². The Morgan fingerprint density at radius 2 is 1.67 bits per heavy atom. The van der Waals surface area contributed by atoms with Crippen LogP contribution in [0, 0.1) is 10.1 Å². The van der Waals surface area contributed by atoms with Crippen LogP contribution in [0.4, 0.5) is 5.69 Å². The standard InChI is InChI=1S/C16H19N3O4S/c1-12(14-5-9-16(10-6-14)24(17,22)23)18(2)11-13-3-7-15(8-4-13)19(20)21/h3-10,12H,11H2,1-2H3,(H2,17,22,23).